The van der Waals surface area contributed by atoms with Gasteiger partial charge in [-0.3, -0.25) is 14.4 Å². The van der Waals surface area contributed by atoms with Gasteiger partial charge in [0.1, 0.15) is 17.7 Å². The monoisotopic (exact) mass is 423 g/mol. The van der Waals surface area contributed by atoms with Crippen LogP contribution < -0.4 is 16.0 Å². The number of amides is 3. The molecule has 3 N–H and O–H groups in total. The Hall–Kier alpha value is -3.34. The average Bonchev–Trinajstić information content (AvgIpc) is 2.66. The van der Waals surface area contributed by atoms with Gasteiger partial charge in [-0.2, -0.15) is 10.5 Å². The molecule has 0 radical (unpaired) electrons. The van der Waals surface area contributed by atoms with E-state index in [4.69, 9.17) is 15.3 Å². The summed E-state index contributed by atoms with van der Waals surface area (Å²) in [4.78, 5) is 48.1. The van der Waals surface area contributed by atoms with Crippen LogP contribution in [0, 0.1) is 22.7 Å². The lowest BCUT2D eigenvalue weighted by Gasteiger charge is -2.32. The number of methoxy groups -OCH3 is 1. The van der Waals surface area contributed by atoms with E-state index in [9.17, 15) is 19.2 Å². The molecule has 3 amide bonds. The normalized spacial score (nSPS) is 10.7. The first-order valence-electron chi connectivity index (χ1n) is 9.36. The SMILES string of the molecule is COC(=O)CCNC(=O)C(CCC#N)(CCC#N)NC(=O)CNC(=O)OC(C)(C)C. The molecule has 30 heavy (non-hydrogen) atoms. The Kier molecular flexibility index (Phi) is 11.5. The lowest BCUT2D eigenvalue weighted by molar-refractivity contribution is -0.140. The minimum Gasteiger partial charge on any atom is -0.469 e. The highest BCUT2D eigenvalue weighted by Gasteiger charge is 2.39. The third kappa shape index (κ3) is 10.9. The molecular weight excluding hydrogens is 394 g/mol. The maximum atomic E-state index is 12.8. The van der Waals surface area contributed by atoms with Gasteiger partial charge in [0.25, 0.3) is 0 Å². The number of rotatable bonds is 11. The zero-order valence-corrected chi connectivity index (χ0v) is 17.8. The van der Waals surface area contributed by atoms with E-state index in [1.807, 2.05) is 12.1 Å². The first-order chi connectivity index (χ1) is 14.0. The van der Waals surface area contributed by atoms with Gasteiger partial charge in [0, 0.05) is 19.4 Å². The fourth-order valence-corrected chi connectivity index (χ4v) is 2.40. The maximum Gasteiger partial charge on any atom is 0.408 e. The Morgan fingerprint density at radius 3 is 2.00 bits per heavy atom. The Morgan fingerprint density at radius 1 is 0.967 bits per heavy atom. The molecule has 11 nitrogen and oxygen atoms in total. The molecule has 0 aromatic rings. The van der Waals surface area contributed by atoms with Gasteiger partial charge < -0.3 is 25.4 Å². The number of nitrogens with zero attached hydrogens (tertiary/aromatic N) is 2. The number of ether oxygens (including phenoxy) is 2. The molecular formula is C19H29N5O6. The smallest absolute Gasteiger partial charge is 0.408 e. The number of hydrogen-bond donors (Lipinski definition) is 3. The standard InChI is InChI=1S/C19H29N5O6/c1-18(2,3)30-17(28)23-13-14(25)24-19(8-5-10-20,9-6-11-21)16(27)22-12-7-15(26)29-4/h5-9,12-13H2,1-4H3,(H,22,27)(H,23,28)(H,24,25). The molecule has 0 heterocycles. The number of esters is 1. The summed E-state index contributed by atoms with van der Waals surface area (Å²) in [6.45, 7) is 4.49. The van der Waals surface area contributed by atoms with Crippen molar-refractivity contribution in [1.82, 2.24) is 16.0 Å². The second kappa shape index (κ2) is 13.0. The highest BCUT2D eigenvalue weighted by atomic mass is 16.6. The van der Waals surface area contributed by atoms with Crippen molar-refractivity contribution >= 4 is 23.9 Å². The molecule has 0 aromatic carbocycles. The summed E-state index contributed by atoms with van der Waals surface area (Å²) in [6, 6.07) is 3.82. The second-order valence-electron chi connectivity index (χ2n) is 7.38. The summed E-state index contributed by atoms with van der Waals surface area (Å²) >= 11 is 0. The van der Waals surface area contributed by atoms with Crippen molar-refractivity contribution in [2.45, 2.75) is 64.0 Å². The first-order valence-corrected chi connectivity index (χ1v) is 9.36. The van der Waals surface area contributed by atoms with E-state index in [1.165, 1.54) is 7.11 Å². The lowest BCUT2D eigenvalue weighted by atomic mass is 9.87. The first kappa shape index (κ1) is 26.7. The van der Waals surface area contributed by atoms with Crippen molar-refractivity contribution < 1.29 is 28.7 Å². The van der Waals surface area contributed by atoms with Crippen LogP contribution in [0.2, 0.25) is 0 Å². The van der Waals surface area contributed by atoms with Gasteiger partial charge in [-0.25, -0.2) is 4.79 Å². The lowest BCUT2D eigenvalue weighted by Crippen LogP contribution is -2.60. The van der Waals surface area contributed by atoms with Crippen LogP contribution >= 0.6 is 0 Å². The number of hydrogen-bond acceptors (Lipinski definition) is 8. The number of nitriles is 2. The van der Waals surface area contributed by atoms with Crippen molar-refractivity contribution in [3.05, 3.63) is 0 Å². The molecule has 0 fully saturated rings. The molecule has 11 heteroatoms. The van der Waals surface area contributed by atoms with Crippen molar-refractivity contribution in [3.8, 4) is 12.1 Å². The van der Waals surface area contributed by atoms with E-state index < -0.39 is 41.6 Å². The van der Waals surface area contributed by atoms with E-state index in [0.29, 0.717) is 0 Å². The Morgan fingerprint density at radius 2 is 1.53 bits per heavy atom. The van der Waals surface area contributed by atoms with Gasteiger partial charge in [-0.05, 0) is 33.6 Å². The van der Waals surface area contributed by atoms with Crippen LogP contribution in [-0.4, -0.2) is 55.2 Å². The van der Waals surface area contributed by atoms with Crippen LogP contribution in [0.15, 0.2) is 0 Å². The summed E-state index contributed by atoms with van der Waals surface area (Å²) in [7, 11) is 1.21. The number of carbonyl (C=O) groups is 4. The molecule has 0 aliphatic carbocycles. The minimum atomic E-state index is -1.55. The molecule has 0 saturated heterocycles. The predicted octanol–water partition coefficient (Wildman–Crippen LogP) is 0.653. The number of carbonyl (C=O) groups excluding carboxylic acids is 4. The topological polar surface area (TPSA) is 170 Å². The van der Waals surface area contributed by atoms with Crippen molar-refractivity contribution in [2.24, 2.45) is 0 Å². The van der Waals surface area contributed by atoms with E-state index in [2.05, 4.69) is 20.7 Å². The van der Waals surface area contributed by atoms with Crippen molar-refractivity contribution in [3.63, 3.8) is 0 Å². The molecule has 0 aliphatic heterocycles. The quantitative estimate of drug-likeness (QED) is 0.407. The Labute approximate surface area is 176 Å². The van der Waals surface area contributed by atoms with Gasteiger partial charge in [0.2, 0.25) is 11.8 Å². The zero-order chi connectivity index (χ0) is 23.2. The van der Waals surface area contributed by atoms with E-state index in [-0.39, 0.29) is 38.6 Å². The highest BCUT2D eigenvalue weighted by Crippen LogP contribution is 2.20. The molecule has 0 atom stereocenters. The molecule has 0 bridgehead atoms. The molecule has 0 rings (SSSR count). The third-order valence-corrected chi connectivity index (χ3v) is 3.78. The van der Waals surface area contributed by atoms with Crippen LogP contribution in [0.4, 0.5) is 4.79 Å². The molecule has 0 saturated carbocycles. The van der Waals surface area contributed by atoms with E-state index >= 15 is 0 Å². The predicted molar refractivity (Wildman–Crippen MR) is 104 cm³/mol. The second-order valence-corrected chi connectivity index (χ2v) is 7.38. The van der Waals surface area contributed by atoms with Crippen LogP contribution in [0.1, 0.15) is 52.9 Å². The summed E-state index contributed by atoms with van der Waals surface area (Å²) < 4.78 is 9.55. The maximum absolute atomic E-state index is 12.8. The number of alkyl carbamates (subject to hydrolysis) is 1. The van der Waals surface area contributed by atoms with Crippen LogP contribution in [0.3, 0.4) is 0 Å². The summed E-state index contributed by atoms with van der Waals surface area (Å²) in [6.07, 6.45) is -1.10. The fraction of sp³-hybridized carbons (Fsp3) is 0.684. The number of nitrogens with one attached hydrogen (secondary N) is 3. The Balaban J connectivity index is 5.24. The van der Waals surface area contributed by atoms with Gasteiger partial charge in [0.05, 0.1) is 25.7 Å². The molecule has 0 aromatic heterocycles. The Bertz CT molecular complexity index is 684. The van der Waals surface area contributed by atoms with E-state index in [1.54, 1.807) is 20.8 Å². The van der Waals surface area contributed by atoms with Crippen LogP contribution in [0.5, 0.6) is 0 Å². The summed E-state index contributed by atoms with van der Waals surface area (Å²) in [5, 5.41) is 25.2. The third-order valence-electron chi connectivity index (χ3n) is 3.78. The average molecular weight is 423 g/mol. The van der Waals surface area contributed by atoms with Gasteiger partial charge in [-0.15, -0.1) is 0 Å². The molecule has 0 aliphatic rings. The molecule has 166 valence electrons. The molecule has 0 spiro atoms. The van der Waals surface area contributed by atoms with Crippen molar-refractivity contribution in [1.29, 1.82) is 10.5 Å². The van der Waals surface area contributed by atoms with Gasteiger partial charge >= 0.3 is 12.1 Å². The largest absolute Gasteiger partial charge is 0.469 e. The van der Waals surface area contributed by atoms with Crippen LogP contribution in [0.25, 0.3) is 0 Å². The summed E-state index contributed by atoms with van der Waals surface area (Å²) in [5.41, 5.74) is -2.29. The zero-order valence-electron chi connectivity index (χ0n) is 17.8. The minimum absolute atomic E-state index is 0.0433. The fourth-order valence-electron chi connectivity index (χ4n) is 2.40. The van der Waals surface area contributed by atoms with Gasteiger partial charge in [0.15, 0.2) is 0 Å². The van der Waals surface area contributed by atoms with Crippen molar-refractivity contribution in [2.75, 3.05) is 20.2 Å². The summed E-state index contributed by atoms with van der Waals surface area (Å²) in [5.74, 6) is -1.86. The van der Waals surface area contributed by atoms with Crippen LogP contribution in [-0.2, 0) is 23.9 Å². The highest BCUT2D eigenvalue weighted by molar-refractivity contribution is 5.93. The molecule has 0 unspecified atom stereocenters. The van der Waals surface area contributed by atoms with E-state index in [0.717, 1.165) is 0 Å². The van der Waals surface area contributed by atoms with Gasteiger partial charge in [-0.1, -0.05) is 0 Å².